The number of ether oxygens (including phenoxy) is 1. The Kier molecular flexibility index (Phi) is 5.18. The van der Waals surface area contributed by atoms with Crippen molar-refractivity contribution in [3.05, 3.63) is 24.3 Å². The Morgan fingerprint density at radius 1 is 1.22 bits per heavy atom. The van der Waals surface area contributed by atoms with Crippen molar-refractivity contribution in [3.63, 3.8) is 0 Å². The molecule has 1 aromatic carbocycles. The summed E-state index contributed by atoms with van der Waals surface area (Å²) >= 11 is 0. The molecule has 1 aromatic rings. The van der Waals surface area contributed by atoms with Gasteiger partial charge in [0.15, 0.2) is 0 Å². The smallest absolute Gasteiger partial charge is 0.241 e. The van der Waals surface area contributed by atoms with Gasteiger partial charge in [-0.15, -0.1) is 0 Å². The van der Waals surface area contributed by atoms with Gasteiger partial charge in [-0.1, -0.05) is 0 Å². The van der Waals surface area contributed by atoms with Crippen molar-refractivity contribution in [2.75, 3.05) is 38.6 Å². The number of benzene rings is 1. The van der Waals surface area contributed by atoms with Crippen LogP contribution < -0.4 is 10.1 Å². The van der Waals surface area contributed by atoms with Gasteiger partial charge in [0.2, 0.25) is 5.91 Å². The van der Waals surface area contributed by atoms with Gasteiger partial charge in [-0.2, -0.15) is 0 Å². The van der Waals surface area contributed by atoms with Crippen LogP contribution in [0.25, 0.3) is 0 Å². The molecule has 126 valence electrons. The van der Waals surface area contributed by atoms with E-state index in [2.05, 4.69) is 15.1 Å². The molecule has 1 N–H and O–H groups in total. The highest BCUT2D eigenvalue weighted by Crippen LogP contribution is 2.22. The number of anilines is 1. The van der Waals surface area contributed by atoms with E-state index in [0.717, 1.165) is 24.5 Å². The van der Waals surface area contributed by atoms with Crippen LogP contribution in [0.1, 0.15) is 26.2 Å². The van der Waals surface area contributed by atoms with Gasteiger partial charge in [0.25, 0.3) is 0 Å². The minimum Gasteiger partial charge on any atom is -0.497 e. The summed E-state index contributed by atoms with van der Waals surface area (Å²) < 4.78 is 5.14. The Labute approximate surface area is 138 Å². The second-order valence-electron chi connectivity index (χ2n) is 6.57. The molecule has 5 heteroatoms. The van der Waals surface area contributed by atoms with Crippen molar-refractivity contribution in [2.45, 2.75) is 38.3 Å². The third kappa shape index (κ3) is 3.85. The summed E-state index contributed by atoms with van der Waals surface area (Å²) in [5, 5.41) is 3.00. The zero-order valence-corrected chi connectivity index (χ0v) is 14.1. The molecule has 2 saturated heterocycles. The van der Waals surface area contributed by atoms with Gasteiger partial charge >= 0.3 is 0 Å². The van der Waals surface area contributed by atoms with Crippen molar-refractivity contribution >= 4 is 11.6 Å². The summed E-state index contributed by atoms with van der Waals surface area (Å²) in [5.74, 6) is 0.862. The van der Waals surface area contributed by atoms with E-state index in [0.29, 0.717) is 6.04 Å². The highest BCUT2D eigenvalue weighted by atomic mass is 16.5. The lowest BCUT2D eigenvalue weighted by atomic mass is 10.2. The van der Waals surface area contributed by atoms with E-state index < -0.39 is 0 Å². The highest BCUT2D eigenvalue weighted by molar-refractivity contribution is 5.94. The van der Waals surface area contributed by atoms with E-state index in [4.69, 9.17) is 4.74 Å². The van der Waals surface area contributed by atoms with Gasteiger partial charge in [-0.25, -0.2) is 0 Å². The number of carbonyl (C=O) groups excluding carboxylic acids is 1. The molecule has 5 nitrogen and oxygen atoms in total. The van der Waals surface area contributed by atoms with Crippen LogP contribution in [0.5, 0.6) is 5.75 Å². The Hall–Kier alpha value is -1.59. The molecular weight excluding hydrogens is 290 g/mol. The summed E-state index contributed by atoms with van der Waals surface area (Å²) in [4.78, 5) is 17.4. The molecule has 2 unspecified atom stereocenters. The summed E-state index contributed by atoms with van der Waals surface area (Å²) in [6.45, 7) is 6.48. The molecule has 0 aromatic heterocycles. The minimum atomic E-state index is -0.0929. The van der Waals surface area contributed by atoms with Gasteiger partial charge in [-0.05, 0) is 63.5 Å². The van der Waals surface area contributed by atoms with Gasteiger partial charge in [0.05, 0.1) is 13.2 Å². The first-order valence-corrected chi connectivity index (χ1v) is 8.60. The molecule has 0 spiro atoms. The van der Waals surface area contributed by atoms with Crippen LogP contribution in [0.3, 0.4) is 0 Å². The molecule has 2 atom stereocenters. The van der Waals surface area contributed by atoms with Crippen LogP contribution in [0.2, 0.25) is 0 Å². The van der Waals surface area contributed by atoms with Crippen molar-refractivity contribution in [3.8, 4) is 5.75 Å². The molecule has 2 aliphatic rings. The average Bonchev–Trinajstić information content (AvgIpc) is 3.26. The number of hydrogen-bond donors (Lipinski definition) is 1. The summed E-state index contributed by atoms with van der Waals surface area (Å²) in [7, 11) is 1.64. The van der Waals surface area contributed by atoms with E-state index in [-0.39, 0.29) is 11.9 Å². The van der Waals surface area contributed by atoms with E-state index >= 15 is 0 Å². The molecule has 2 aliphatic heterocycles. The van der Waals surface area contributed by atoms with Crippen molar-refractivity contribution in [1.29, 1.82) is 0 Å². The number of nitrogens with zero attached hydrogens (tertiary/aromatic N) is 2. The van der Waals surface area contributed by atoms with Crippen LogP contribution in [-0.4, -0.2) is 61.1 Å². The van der Waals surface area contributed by atoms with Crippen molar-refractivity contribution in [1.82, 2.24) is 9.80 Å². The van der Waals surface area contributed by atoms with Crippen LogP contribution in [0.4, 0.5) is 5.69 Å². The predicted molar refractivity (Wildman–Crippen MR) is 91.9 cm³/mol. The molecule has 2 heterocycles. The van der Waals surface area contributed by atoms with Gasteiger partial charge in [-0.3, -0.25) is 14.6 Å². The monoisotopic (exact) mass is 317 g/mol. The molecule has 3 rings (SSSR count). The van der Waals surface area contributed by atoms with Gasteiger partial charge in [0, 0.05) is 24.8 Å². The Morgan fingerprint density at radius 3 is 2.57 bits per heavy atom. The fraction of sp³-hybridized carbons (Fsp3) is 0.611. The molecule has 2 fully saturated rings. The normalized spacial score (nSPS) is 23.8. The molecule has 23 heavy (non-hydrogen) atoms. The Bertz CT molecular complexity index is 526. The highest BCUT2D eigenvalue weighted by Gasteiger charge is 2.33. The third-order valence-corrected chi connectivity index (χ3v) is 5.14. The SMILES string of the molecule is COc1ccc(NC(=O)C(C)N2CCC(N3CCCC3)C2)cc1. The van der Waals surface area contributed by atoms with E-state index in [1.165, 1.54) is 32.4 Å². The van der Waals surface area contributed by atoms with Crippen LogP contribution in [0, 0.1) is 0 Å². The van der Waals surface area contributed by atoms with Gasteiger partial charge in [0.1, 0.15) is 5.75 Å². The lowest BCUT2D eigenvalue weighted by Gasteiger charge is -2.26. The molecule has 1 amide bonds. The maximum absolute atomic E-state index is 12.5. The predicted octanol–water partition coefficient (Wildman–Crippen LogP) is 2.19. The minimum absolute atomic E-state index is 0.0669. The standard InChI is InChI=1S/C18H27N3O2/c1-14(18(22)19-15-5-7-17(23-2)8-6-15)21-12-9-16(13-21)20-10-3-4-11-20/h5-8,14,16H,3-4,9-13H2,1-2H3,(H,19,22). The lowest BCUT2D eigenvalue weighted by molar-refractivity contribution is -0.120. The largest absolute Gasteiger partial charge is 0.497 e. The number of rotatable bonds is 5. The topological polar surface area (TPSA) is 44.8 Å². The fourth-order valence-electron chi connectivity index (χ4n) is 3.61. The first kappa shape index (κ1) is 16.3. The summed E-state index contributed by atoms with van der Waals surface area (Å²) in [6.07, 6.45) is 3.83. The van der Waals surface area contributed by atoms with Gasteiger partial charge < -0.3 is 10.1 Å². The van der Waals surface area contributed by atoms with E-state index in [1.54, 1.807) is 7.11 Å². The molecule has 0 aliphatic carbocycles. The zero-order valence-electron chi connectivity index (χ0n) is 14.1. The summed E-state index contributed by atoms with van der Waals surface area (Å²) in [6, 6.07) is 8.01. The Balaban J connectivity index is 1.52. The second kappa shape index (κ2) is 7.32. The first-order chi connectivity index (χ1) is 11.2. The molecular formula is C18H27N3O2. The van der Waals surface area contributed by atoms with Crippen molar-refractivity contribution < 1.29 is 9.53 Å². The lowest BCUT2D eigenvalue weighted by Crippen LogP contribution is -2.43. The van der Waals surface area contributed by atoms with E-state index in [1.807, 2.05) is 31.2 Å². The van der Waals surface area contributed by atoms with Crippen molar-refractivity contribution in [2.24, 2.45) is 0 Å². The zero-order chi connectivity index (χ0) is 16.2. The number of amides is 1. The second-order valence-corrected chi connectivity index (χ2v) is 6.57. The number of methoxy groups -OCH3 is 1. The van der Waals surface area contributed by atoms with Crippen LogP contribution in [-0.2, 0) is 4.79 Å². The van der Waals surface area contributed by atoms with Crippen LogP contribution in [0.15, 0.2) is 24.3 Å². The molecule has 0 bridgehead atoms. The quantitative estimate of drug-likeness (QED) is 0.904. The number of likely N-dealkylation sites (tertiary alicyclic amines) is 2. The number of hydrogen-bond acceptors (Lipinski definition) is 4. The molecule has 0 saturated carbocycles. The number of carbonyl (C=O) groups is 1. The third-order valence-electron chi connectivity index (χ3n) is 5.14. The summed E-state index contributed by atoms with van der Waals surface area (Å²) in [5.41, 5.74) is 0.818. The van der Waals surface area contributed by atoms with Crippen LogP contribution >= 0.6 is 0 Å². The number of nitrogens with one attached hydrogen (secondary N) is 1. The first-order valence-electron chi connectivity index (χ1n) is 8.60. The maximum Gasteiger partial charge on any atom is 0.241 e. The fourth-order valence-corrected chi connectivity index (χ4v) is 3.61. The average molecular weight is 317 g/mol. The Morgan fingerprint density at radius 2 is 1.91 bits per heavy atom. The molecule has 0 radical (unpaired) electrons. The van der Waals surface area contributed by atoms with E-state index in [9.17, 15) is 4.79 Å². The maximum atomic E-state index is 12.5.